The van der Waals surface area contributed by atoms with Gasteiger partial charge in [-0.2, -0.15) is 0 Å². The number of nitrogens with zero attached hydrogens (tertiary/aromatic N) is 2. The zero-order chi connectivity index (χ0) is 27.6. The number of hydrogen-bond acceptors (Lipinski definition) is 2. The van der Waals surface area contributed by atoms with Crippen molar-refractivity contribution in [3.05, 3.63) is 58.7 Å². The summed E-state index contributed by atoms with van der Waals surface area (Å²) in [7, 11) is 0. The van der Waals surface area contributed by atoms with E-state index in [4.69, 9.17) is 9.98 Å². The zero-order valence-electron chi connectivity index (χ0n) is 26.0. The molecule has 0 fully saturated rings. The van der Waals surface area contributed by atoms with E-state index in [0.29, 0.717) is 0 Å². The van der Waals surface area contributed by atoms with E-state index in [1.807, 2.05) is 0 Å². The fourth-order valence-electron chi connectivity index (χ4n) is 4.98. The van der Waals surface area contributed by atoms with E-state index in [2.05, 4.69) is 77.9 Å². The monoisotopic (exact) mass is 574 g/mol. The summed E-state index contributed by atoms with van der Waals surface area (Å²) in [5, 5.41) is 0. The van der Waals surface area contributed by atoms with Crippen LogP contribution in [0.2, 0.25) is 0 Å². The van der Waals surface area contributed by atoms with E-state index in [1.165, 1.54) is 85.8 Å². The van der Waals surface area contributed by atoms with Crippen LogP contribution in [-0.4, -0.2) is 11.4 Å². The second-order valence-corrected chi connectivity index (χ2v) is 11.0. The minimum Gasteiger partial charge on any atom is -0.252 e. The van der Waals surface area contributed by atoms with Gasteiger partial charge in [0.15, 0.2) is 0 Å². The normalized spacial score (nSPS) is 12.1. The molecule has 0 N–H and O–H groups in total. The van der Waals surface area contributed by atoms with E-state index < -0.39 is 0 Å². The minimum absolute atomic E-state index is 0. The summed E-state index contributed by atoms with van der Waals surface area (Å²) in [6.45, 7) is 13.6. The predicted octanol–water partition coefficient (Wildman–Crippen LogP) is 11.5. The Balaban J connectivity index is 0.00000760. The number of rotatable bonds is 19. The zero-order valence-corrected chi connectivity index (χ0v) is 27.0. The molecule has 3 heteroatoms. The largest absolute Gasteiger partial charge is 0.252 e. The van der Waals surface area contributed by atoms with Gasteiger partial charge in [0.25, 0.3) is 0 Å². The summed E-state index contributed by atoms with van der Waals surface area (Å²) in [4.78, 5) is 10.6. The molecule has 0 spiro atoms. The molecule has 0 aromatic heterocycles. The molecule has 0 aliphatic rings. The Hall–Kier alpha value is -1.73. The molecule has 0 bridgehead atoms. The Kier molecular flexibility index (Phi) is 19.1. The van der Waals surface area contributed by atoms with Gasteiger partial charge in [-0.05, 0) is 117 Å². The molecule has 0 amide bonds. The SMILES string of the molecule is CCCCC(=N\c1cc(CCCC)cc(CCCC)c1)/C(CC)=N/c1cc(CCCC)cc(CCCC)c1.[Ni]. The first-order valence-corrected chi connectivity index (χ1v) is 16.0. The van der Waals surface area contributed by atoms with Crippen molar-refractivity contribution >= 4 is 22.8 Å². The molecule has 2 nitrogen and oxygen atoms in total. The van der Waals surface area contributed by atoms with Crippen molar-refractivity contribution in [3.8, 4) is 0 Å². The molecular weight excluding hydrogens is 519 g/mol. The third-order valence-electron chi connectivity index (χ3n) is 7.31. The van der Waals surface area contributed by atoms with E-state index in [0.717, 1.165) is 62.0 Å². The molecule has 0 aliphatic heterocycles. The topological polar surface area (TPSA) is 24.7 Å². The maximum atomic E-state index is 5.33. The van der Waals surface area contributed by atoms with Crippen molar-refractivity contribution in [2.24, 2.45) is 9.98 Å². The van der Waals surface area contributed by atoms with Crippen LogP contribution in [0.15, 0.2) is 46.4 Å². The number of hydrogen-bond donors (Lipinski definition) is 0. The fourth-order valence-corrected chi connectivity index (χ4v) is 4.98. The summed E-state index contributed by atoms with van der Waals surface area (Å²) in [6.07, 6.45) is 18.6. The number of aryl methyl sites for hydroxylation is 4. The number of aliphatic imine (C=N–C) groups is 2. The van der Waals surface area contributed by atoms with Crippen LogP contribution in [-0.2, 0) is 42.2 Å². The molecular formula is C36H56N2Ni. The van der Waals surface area contributed by atoms with Gasteiger partial charge in [0.1, 0.15) is 0 Å². The van der Waals surface area contributed by atoms with Crippen LogP contribution in [0.4, 0.5) is 11.4 Å². The molecule has 0 unspecified atom stereocenters. The Morgan fingerprint density at radius 2 is 0.795 bits per heavy atom. The van der Waals surface area contributed by atoms with Crippen LogP contribution in [0.25, 0.3) is 0 Å². The van der Waals surface area contributed by atoms with Crippen LogP contribution >= 0.6 is 0 Å². The third kappa shape index (κ3) is 13.5. The van der Waals surface area contributed by atoms with Gasteiger partial charge in [-0.3, -0.25) is 9.98 Å². The van der Waals surface area contributed by atoms with Gasteiger partial charge in [-0.25, -0.2) is 0 Å². The summed E-state index contributed by atoms with van der Waals surface area (Å²) in [5.74, 6) is 0. The van der Waals surface area contributed by atoms with Gasteiger partial charge in [0.05, 0.1) is 22.8 Å². The average Bonchev–Trinajstić information content (AvgIpc) is 2.93. The van der Waals surface area contributed by atoms with E-state index in [1.54, 1.807) is 0 Å². The second-order valence-electron chi connectivity index (χ2n) is 11.0. The van der Waals surface area contributed by atoms with Crippen LogP contribution < -0.4 is 0 Å². The van der Waals surface area contributed by atoms with Gasteiger partial charge < -0.3 is 0 Å². The first kappa shape index (κ1) is 35.3. The van der Waals surface area contributed by atoms with Gasteiger partial charge >= 0.3 is 0 Å². The number of unbranched alkanes of at least 4 members (excludes halogenated alkanes) is 5. The minimum atomic E-state index is 0. The van der Waals surface area contributed by atoms with Gasteiger partial charge in [-0.1, -0.05) is 85.8 Å². The summed E-state index contributed by atoms with van der Waals surface area (Å²) >= 11 is 0. The predicted molar refractivity (Wildman–Crippen MR) is 171 cm³/mol. The molecule has 39 heavy (non-hydrogen) atoms. The van der Waals surface area contributed by atoms with Crippen LogP contribution in [0.3, 0.4) is 0 Å². The quantitative estimate of drug-likeness (QED) is 0.118. The Morgan fingerprint density at radius 1 is 0.462 bits per heavy atom. The molecule has 220 valence electrons. The van der Waals surface area contributed by atoms with Gasteiger partial charge in [-0.15, -0.1) is 0 Å². The van der Waals surface area contributed by atoms with E-state index in [9.17, 15) is 0 Å². The van der Waals surface area contributed by atoms with E-state index in [-0.39, 0.29) is 16.5 Å². The molecule has 0 aliphatic carbocycles. The van der Waals surface area contributed by atoms with Crippen LogP contribution in [0, 0.1) is 0 Å². The molecule has 0 saturated heterocycles. The van der Waals surface area contributed by atoms with E-state index >= 15 is 0 Å². The molecule has 0 atom stereocenters. The fraction of sp³-hybridized carbons (Fsp3) is 0.611. The average molecular weight is 576 g/mol. The van der Waals surface area contributed by atoms with Crippen LogP contribution in [0.1, 0.15) is 141 Å². The van der Waals surface area contributed by atoms with Crippen molar-refractivity contribution < 1.29 is 16.5 Å². The number of benzene rings is 2. The molecule has 0 heterocycles. The Labute approximate surface area is 251 Å². The Bertz CT molecular complexity index is 953. The molecule has 2 aromatic rings. The standard InChI is InChI=1S/C36H56N2.Ni/c1-7-13-18-29-23-30(19-14-8-2)26-33(25-29)37-35(12-6)36(22-17-11-5)38-34-27-31(20-15-9-3)24-32(28-34)21-16-10-4;/h23-28H,7-22H2,1-6H3;/b37-35+,38-36+;. The molecule has 0 saturated carbocycles. The maximum absolute atomic E-state index is 5.33. The van der Waals surface area contributed by atoms with Gasteiger partial charge in [0.2, 0.25) is 0 Å². The molecule has 2 aromatic carbocycles. The summed E-state index contributed by atoms with van der Waals surface area (Å²) < 4.78 is 0. The molecule has 2 rings (SSSR count). The summed E-state index contributed by atoms with van der Waals surface area (Å²) in [5.41, 5.74) is 10.3. The van der Waals surface area contributed by atoms with Crippen molar-refractivity contribution in [1.29, 1.82) is 0 Å². The Morgan fingerprint density at radius 3 is 1.10 bits per heavy atom. The van der Waals surface area contributed by atoms with Crippen molar-refractivity contribution in [3.63, 3.8) is 0 Å². The van der Waals surface area contributed by atoms with Crippen LogP contribution in [0.5, 0.6) is 0 Å². The second kappa shape index (κ2) is 21.1. The summed E-state index contributed by atoms with van der Waals surface area (Å²) in [6, 6.07) is 14.2. The van der Waals surface area contributed by atoms with Crippen molar-refractivity contribution in [2.45, 2.75) is 144 Å². The molecule has 0 radical (unpaired) electrons. The maximum Gasteiger partial charge on any atom is 0.0639 e. The van der Waals surface area contributed by atoms with Crippen molar-refractivity contribution in [2.75, 3.05) is 0 Å². The first-order chi connectivity index (χ1) is 18.6. The van der Waals surface area contributed by atoms with Crippen molar-refractivity contribution in [1.82, 2.24) is 0 Å². The third-order valence-corrected chi connectivity index (χ3v) is 7.31. The smallest absolute Gasteiger partial charge is 0.0639 e. The first-order valence-electron chi connectivity index (χ1n) is 16.0. The van der Waals surface area contributed by atoms with Gasteiger partial charge in [0, 0.05) is 16.5 Å².